The van der Waals surface area contributed by atoms with Gasteiger partial charge in [-0.3, -0.25) is 4.79 Å². The van der Waals surface area contributed by atoms with Crippen LogP contribution in [0.15, 0.2) is 30.3 Å². The summed E-state index contributed by atoms with van der Waals surface area (Å²) in [6.07, 6.45) is 2.07. The van der Waals surface area contributed by atoms with Crippen LogP contribution in [0.2, 0.25) is 0 Å². The lowest BCUT2D eigenvalue weighted by molar-refractivity contribution is -0.136. The third-order valence-corrected chi connectivity index (χ3v) is 3.60. The van der Waals surface area contributed by atoms with Crippen molar-refractivity contribution in [2.75, 3.05) is 13.1 Å². The highest BCUT2D eigenvalue weighted by Crippen LogP contribution is 2.28. The maximum Gasteiger partial charge on any atom is 0.242 e. The fraction of sp³-hybridized carbons (Fsp3) is 0.533. The third kappa shape index (κ3) is 2.91. The lowest BCUT2D eigenvalue weighted by atomic mass is 9.89. The van der Waals surface area contributed by atoms with E-state index in [4.69, 9.17) is 5.73 Å². The normalized spacial score (nSPS) is 17.8. The van der Waals surface area contributed by atoms with Gasteiger partial charge in [0.25, 0.3) is 0 Å². The number of nitrogens with zero attached hydrogens (tertiary/aromatic N) is 1. The Morgan fingerprint density at radius 3 is 2.28 bits per heavy atom. The zero-order chi connectivity index (χ0) is 13.2. The minimum atomic E-state index is -0.750. The first-order chi connectivity index (χ1) is 8.48. The van der Waals surface area contributed by atoms with Crippen molar-refractivity contribution in [1.29, 1.82) is 0 Å². The molecule has 0 unspecified atom stereocenters. The smallest absolute Gasteiger partial charge is 0.242 e. The van der Waals surface area contributed by atoms with Crippen molar-refractivity contribution in [3.63, 3.8) is 0 Å². The fourth-order valence-electron chi connectivity index (χ4n) is 2.55. The van der Waals surface area contributed by atoms with Crippen LogP contribution >= 0.6 is 0 Å². The van der Waals surface area contributed by atoms with E-state index in [1.165, 1.54) is 5.56 Å². The molecule has 1 saturated heterocycles. The van der Waals surface area contributed by atoms with E-state index in [2.05, 4.69) is 24.3 Å². The number of benzene rings is 1. The molecule has 18 heavy (non-hydrogen) atoms. The monoisotopic (exact) mass is 246 g/mol. The molecule has 0 aliphatic carbocycles. The van der Waals surface area contributed by atoms with E-state index in [9.17, 15) is 4.79 Å². The van der Waals surface area contributed by atoms with Crippen molar-refractivity contribution in [3.8, 4) is 0 Å². The SMILES string of the molecule is CC(C)(N)C(=O)N1CCC(c2ccccc2)CC1. The van der Waals surface area contributed by atoms with Gasteiger partial charge in [-0.2, -0.15) is 0 Å². The molecule has 1 heterocycles. The Kier molecular flexibility index (Phi) is 3.71. The van der Waals surface area contributed by atoms with Crippen LogP contribution in [0.5, 0.6) is 0 Å². The summed E-state index contributed by atoms with van der Waals surface area (Å²) in [7, 11) is 0. The maximum atomic E-state index is 12.1. The van der Waals surface area contributed by atoms with E-state index >= 15 is 0 Å². The number of rotatable bonds is 2. The van der Waals surface area contributed by atoms with Crippen LogP contribution in [-0.4, -0.2) is 29.4 Å². The Labute approximate surface area is 109 Å². The number of amides is 1. The van der Waals surface area contributed by atoms with Gasteiger partial charge in [0.1, 0.15) is 0 Å². The van der Waals surface area contributed by atoms with E-state index in [0.717, 1.165) is 25.9 Å². The molecule has 1 aromatic carbocycles. The fourth-order valence-corrected chi connectivity index (χ4v) is 2.55. The number of carbonyl (C=O) groups is 1. The Bertz CT molecular complexity index is 400. The minimum absolute atomic E-state index is 0.0639. The van der Waals surface area contributed by atoms with Crippen molar-refractivity contribution in [3.05, 3.63) is 35.9 Å². The van der Waals surface area contributed by atoms with Crippen LogP contribution < -0.4 is 5.73 Å². The Balaban J connectivity index is 1.95. The highest BCUT2D eigenvalue weighted by Gasteiger charge is 2.30. The predicted octanol–water partition coefficient (Wildman–Crippen LogP) is 2.13. The van der Waals surface area contributed by atoms with Gasteiger partial charge in [-0.05, 0) is 38.2 Å². The number of nitrogens with two attached hydrogens (primary N) is 1. The highest BCUT2D eigenvalue weighted by molar-refractivity contribution is 5.85. The molecular weight excluding hydrogens is 224 g/mol. The lowest BCUT2D eigenvalue weighted by Gasteiger charge is -2.35. The van der Waals surface area contributed by atoms with Crippen LogP contribution in [-0.2, 0) is 4.79 Å². The van der Waals surface area contributed by atoms with E-state index in [0.29, 0.717) is 5.92 Å². The number of likely N-dealkylation sites (tertiary alicyclic amines) is 1. The molecule has 0 bridgehead atoms. The molecule has 3 nitrogen and oxygen atoms in total. The molecule has 2 N–H and O–H groups in total. The van der Waals surface area contributed by atoms with Crippen LogP contribution in [0.1, 0.15) is 38.2 Å². The topological polar surface area (TPSA) is 46.3 Å². The second-order valence-electron chi connectivity index (χ2n) is 5.70. The van der Waals surface area contributed by atoms with E-state index in [1.54, 1.807) is 13.8 Å². The summed E-state index contributed by atoms with van der Waals surface area (Å²) in [5.41, 5.74) is 6.50. The van der Waals surface area contributed by atoms with Gasteiger partial charge >= 0.3 is 0 Å². The third-order valence-electron chi connectivity index (χ3n) is 3.60. The summed E-state index contributed by atoms with van der Waals surface area (Å²) < 4.78 is 0. The average molecular weight is 246 g/mol. The molecule has 1 amide bonds. The summed E-state index contributed by atoms with van der Waals surface area (Å²) in [5.74, 6) is 0.644. The first-order valence-corrected chi connectivity index (χ1v) is 6.61. The van der Waals surface area contributed by atoms with E-state index < -0.39 is 5.54 Å². The van der Waals surface area contributed by atoms with Gasteiger partial charge in [-0.1, -0.05) is 30.3 Å². The van der Waals surface area contributed by atoms with Crippen molar-refractivity contribution >= 4 is 5.91 Å². The second-order valence-corrected chi connectivity index (χ2v) is 5.70. The summed E-state index contributed by atoms with van der Waals surface area (Å²) in [6, 6.07) is 10.6. The van der Waals surface area contributed by atoms with Gasteiger partial charge < -0.3 is 10.6 Å². The molecule has 1 aromatic rings. The van der Waals surface area contributed by atoms with Crippen LogP contribution in [0.4, 0.5) is 0 Å². The van der Waals surface area contributed by atoms with Crippen LogP contribution in [0.3, 0.4) is 0 Å². The summed E-state index contributed by atoms with van der Waals surface area (Å²) >= 11 is 0. The number of hydrogen-bond acceptors (Lipinski definition) is 2. The van der Waals surface area contributed by atoms with Gasteiger partial charge in [0.15, 0.2) is 0 Å². The quantitative estimate of drug-likeness (QED) is 0.869. The van der Waals surface area contributed by atoms with Gasteiger partial charge in [-0.25, -0.2) is 0 Å². The zero-order valence-electron chi connectivity index (χ0n) is 11.2. The summed E-state index contributed by atoms with van der Waals surface area (Å²) in [6.45, 7) is 5.19. The highest BCUT2D eigenvalue weighted by atomic mass is 16.2. The molecule has 1 aliphatic heterocycles. The number of carbonyl (C=O) groups excluding carboxylic acids is 1. The Hall–Kier alpha value is -1.35. The molecule has 0 aromatic heterocycles. The molecule has 0 saturated carbocycles. The molecule has 0 radical (unpaired) electrons. The van der Waals surface area contributed by atoms with E-state index in [-0.39, 0.29) is 5.91 Å². The van der Waals surface area contributed by atoms with Crippen molar-refractivity contribution in [2.45, 2.75) is 38.1 Å². The molecule has 1 aliphatic rings. The standard InChI is InChI=1S/C15H22N2O/c1-15(2,16)14(18)17-10-8-13(9-11-17)12-6-4-3-5-7-12/h3-7,13H,8-11,16H2,1-2H3. The molecule has 3 heteroatoms. The van der Waals surface area contributed by atoms with Gasteiger partial charge in [0.2, 0.25) is 5.91 Å². The average Bonchev–Trinajstić information content (AvgIpc) is 2.38. The van der Waals surface area contributed by atoms with Crippen molar-refractivity contribution in [1.82, 2.24) is 4.90 Å². The molecule has 2 rings (SSSR count). The Morgan fingerprint density at radius 2 is 1.78 bits per heavy atom. The van der Waals surface area contributed by atoms with Gasteiger partial charge in [-0.15, -0.1) is 0 Å². The zero-order valence-corrected chi connectivity index (χ0v) is 11.2. The minimum Gasteiger partial charge on any atom is -0.341 e. The van der Waals surface area contributed by atoms with Crippen molar-refractivity contribution < 1.29 is 4.79 Å². The maximum absolute atomic E-state index is 12.1. The van der Waals surface area contributed by atoms with E-state index in [1.807, 2.05) is 11.0 Å². The largest absolute Gasteiger partial charge is 0.341 e. The predicted molar refractivity (Wildman–Crippen MR) is 73.3 cm³/mol. The number of piperidine rings is 1. The van der Waals surface area contributed by atoms with Gasteiger partial charge in [0, 0.05) is 13.1 Å². The molecule has 98 valence electrons. The van der Waals surface area contributed by atoms with Crippen molar-refractivity contribution in [2.24, 2.45) is 5.73 Å². The lowest BCUT2D eigenvalue weighted by Crippen LogP contribution is -2.53. The first-order valence-electron chi connectivity index (χ1n) is 6.61. The summed E-state index contributed by atoms with van der Waals surface area (Å²) in [4.78, 5) is 14.0. The van der Waals surface area contributed by atoms with Crippen LogP contribution in [0.25, 0.3) is 0 Å². The second kappa shape index (κ2) is 5.11. The Morgan fingerprint density at radius 1 is 1.22 bits per heavy atom. The first kappa shape index (κ1) is 13.1. The molecular formula is C15H22N2O. The molecule has 0 spiro atoms. The van der Waals surface area contributed by atoms with Gasteiger partial charge in [0.05, 0.1) is 5.54 Å². The molecule has 0 atom stereocenters. The molecule has 1 fully saturated rings. The van der Waals surface area contributed by atoms with Crippen LogP contribution in [0, 0.1) is 0 Å². The summed E-state index contributed by atoms with van der Waals surface area (Å²) in [5, 5.41) is 0. The number of hydrogen-bond donors (Lipinski definition) is 1.